The lowest BCUT2D eigenvalue weighted by atomic mass is 10.0. The monoisotopic (exact) mass is 493 g/mol. The van der Waals surface area contributed by atoms with Gasteiger partial charge in [0.25, 0.3) is 15.9 Å². The predicted molar refractivity (Wildman–Crippen MR) is 136 cm³/mol. The van der Waals surface area contributed by atoms with Gasteiger partial charge in [-0.15, -0.1) is 11.3 Å². The molecular formula is C25H23N3O4S2. The largest absolute Gasteiger partial charge is 0.343 e. The third-order valence-corrected chi connectivity index (χ3v) is 7.98. The van der Waals surface area contributed by atoms with Crippen LogP contribution in [0.25, 0.3) is 10.8 Å². The van der Waals surface area contributed by atoms with Gasteiger partial charge in [-0.2, -0.15) is 0 Å². The SMILES string of the molecule is CCc1ccccc1NC(=O)CNC(=O)c1cc2ccccc2cc1NS(=O)(=O)c1cccs1. The molecule has 9 heteroatoms. The fourth-order valence-corrected chi connectivity index (χ4v) is 5.59. The average molecular weight is 494 g/mol. The number of carbonyl (C=O) groups is 2. The second-order valence-corrected chi connectivity index (χ2v) is 10.4. The fraction of sp³-hybridized carbons (Fsp3) is 0.120. The van der Waals surface area contributed by atoms with E-state index in [9.17, 15) is 18.0 Å². The molecule has 0 aliphatic carbocycles. The summed E-state index contributed by atoms with van der Waals surface area (Å²) in [6.45, 7) is 1.73. The summed E-state index contributed by atoms with van der Waals surface area (Å²) >= 11 is 1.08. The Balaban J connectivity index is 1.56. The van der Waals surface area contributed by atoms with Gasteiger partial charge < -0.3 is 10.6 Å². The molecule has 3 aromatic carbocycles. The molecule has 0 atom stereocenters. The Morgan fingerprint density at radius 2 is 1.59 bits per heavy atom. The Hall–Kier alpha value is -3.69. The zero-order chi connectivity index (χ0) is 24.1. The summed E-state index contributed by atoms with van der Waals surface area (Å²) in [6.07, 6.45) is 0.758. The molecule has 0 saturated heterocycles. The van der Waals surface area contributed by atoms with Gasteiger partial charge in [0.05, 0.1) is 17.8 Å². The zero-order valence-electron chi connectivity index (χ0n) is 18.4. The van der Waals surface area contributed by atoms with Crippen LogP contribution in [0.2, 0.25) is 0 Å². The van der Waals surface area contributed by atoms with Crippen LogP contribution < -0.4 is 15.4 Å². The van der Waals surface area contributed by atoms with Crippen LogP contribution in [0.4, 0.5) is 11.4 Å². The highest BCUT2D eigenvalue weighted by atomic mass is 32.2. The van der Waals surface area contributed by atoms with E-state index < -0.39 is 15.9 Å². The maximum absolute atomic E-state index is 13.0. The molecule has 0 aliphatic rings. The van der Waals surface area contributed by atoms with Crippen LogP contribution in [0.15, 0.2) is 82.4 Å². The first-order valence-corrected chi connectivity index (χ1v) is 13.0. The minimum atomic E-state index is -3.87. The first kappa shape index (κ1) is 23.5. The number of anilines is 2. The molecule has 4 aromatic rings. The van der Waals surface area contributed by atoms with E-state index in [1.165, 1.54) is 6.07 Å². The number of benzene rings is 3. The molecule has 1 heterocycles. The Morgan fingerprint density at radius 3 is 2.29 bits per heavy atom. The van der Waals surface area contributed by atoms with Crippen molar-refractivity contribution in [3.05, 3.63) is 89.3 Å². The lowest BCUT2D eigenvalue weighted by Gasteiger charge is -2.14. The van der Waals surface area contributed by atoms with Crippen LogP contribution >= 0.6 is 11.3 Å². The predicted octanol–water partition coefficient (Wildman–Crippen LogP) is 4.63. The molecule has 0 aliphatic heterocycles. The van der Waals surface area contributed by atoms with Gasteiger partial charge in [0.15, 0.2) is 0 Å². The quantitative estimate of drug-likeness (QED) is 0.333. The van der Waals surface area contributed by atoms with E-state index in [4.69, 9.17) is 0 Å². The van der Waals surface area contributed by atoms with Crippen LogP contribution in [0.5, 0.6) is 0 Å². The molecule has 174 valence electrons. The van der Waals surface area contributed by atoms with E-state index in [2.05, 4.69) is 15.4 Å². The van der Waals surface area contributed by atoms with Gasteiger partial charge in [0.2, 0.25) is 5.91 Å². The van der Waals surface area contributed by atoms with Crippen molar-refractivity contribution < 1.29 is 18.0 Å². The molecule has 0 saturated carbocycles. The Morgan fingerprint density at radius 1 is 0.882 bits per heavy atom. The van der Waals surface area contributed by atoms with Gasteiger partial charge >= 0.3 is 0 Å². The number of rotatable bonds is 8. The molecule has 0 fully saturated rings. The van der Waals surface area contributed by atoms with E-state index in [1.54, 1.807) is 29.6 Å². The maximum atomic E-state index is 13.0. The second-order valence-electron chi connectivity index (χ2n) is 7.52. The normalized spacial score (nSPS) is 11.2. The van der Waals surface area contributed by atoms with Crippen LogP contribution in [0.3, 0.4) is 0 Å². The first-order chi connectivity index (χ1) is 16.4. The molecule has 4 rings (SSSR count). The number of thiophene rings is 1. The van der Waals surface area contributed by atoms with Crippen molar-refractivity contribution in [3.63, 3.8) is 0 Å². The highest BCUT2D eigenvalue weighted by Crippen LogP contribution is 2.27. The number of hydrogen-bond acceptors (Lipinski definition) is 5. The highest BCUT2D eigenvalue weighted by Gasteiger charge is 2.21. The average Bonchev–Trinajstić information content (AvgIpc) is 3.38. The number of hydrogen-bond donors (Lipinski definition) is 3. The molecule has 0 unspecified atom stereocenters. The minimum Gasteiger partial charge on any atom is -0.343 e. The van der Waals surface area contributed by atoms with Crippen molar-refractivity contribution in [2.75, 3.05) is 16.6 Å². The summed E-state index contributed by atoms with van der Waals surface area (Å²) < 4.78 is 28.3. The third-order valence-electron chi connectivity index (χ3n) is 5.22. The number of nitrogens with one attached hydrogen (secondary N) is 3. The molecule has 0 radical (unpaired) electrons. The van der Waals surface area contributed by atoms with Crippen molar-refractivity contribution in [1.29, 1.82) is 0 Å². The molecule has 2 amide bonds. The third kappa shape index (κ3) is 5.27. The maximum Gasteiger partial charge on any atom is 0.271 e. The van der Waals surface area contributed by atoms with Crippen molar-refractivity contribution in [2.45, 2.75) is 17.6 Å². The van der Waals surface area contributed by atoms with E-state index in [0.29, 0.717) is 5.69 Å². The van der Waals surface area contributed by atoms with Crippen LogP contribution in [0, 0.1) is 0 Å². The highest BCUT2D eigenvalue weighted by molar-refractivity contribution is 7.94. The number of aryl methyl sites for hydroxylation is 1. The van der Waals surface area contributed by atoms with Gasteiger partial charge in [-0.1, -0.05) is 55.5 Å². The van der Waals surface area contributed by atoms with Crippen LogP contribution in [0.1, 0.15) is 22.8 Å². The number of sulfonamides is 1. The van der Waals surface area contributed by atoms with Crippen molar-refractivity contribution in [3.8, 4) is 0 Å². The summed E-state index contributed by atoms with van der Waals surface area (Å²) in [5.41, 5.74) is 1.95. The zero-order valence-corrected chi connectivity index (χ0v) is 20.0. The molecule has 34 heavy (non-hydrogen) atoms. The van der Waals surface area contributed by atoms with E-state index in [1.807, 2.05) is 49.4 Å². The van der Waals surface area contributed by atoms with Gasteiger partial charge in [-0.05, 0) is 52.4 Å². The molecule has 0 spiro atoms. The van der Waals surface area contributed by atoms with Crippen LogP contribution in [-0.2, 0) is 21.2 Å². The van der Waals surface area contributed by atoms with Gasteiger partial charge in [-0.25, -0.2) is 8.42 Å². The molecule has 3 N–H and O–H groups in total. The van der Waals surface area contributed by atoms with Crippen LogP contribution in [-0.4, -0.2) is 26.8 Å². The number of amides is 2. The number of fused-ring (bicyclic) bond motifs is 1. The topological polar surface area (TPSA) is 104 Å². The lowest BCUT2D eigenvalue weighted by Crippen LogP contribution is -2.33. The summed E-state index contributed by atoms with van der Waals surface area (Å²) in [5.74, 6) is -0.940. The Bertz CT molecular complexity index is 1450. The van der Waals surface area contributed by atoms with Gasteiger partial charge in [0, 0.05) is 5.69 Å². The minimum absolute atomic E-state index is 0.126. The summed E-state index contributed by atoms with van der Waals surface area (Å²) in [6, 6.07) is 21.1. The summed E-state index contributed by atoms with van der Waals surface area (Å²) in [4.78, 5) is 25.5. The van der Waals surface area contributed by atoms with E-state index in [0.717, 1.165) is 34.1 Å². The number of para-hydroxylation sites is 1. The standard InChI is InChI=1S/C25H23N3O4S2/c1-2-17-8-5-6-11-21(17)27-23(29)16-26-25(30)20-14-18-9-3-4-10-19(18)15-22(20)28-34(31,32)24-12-7-13-33-24/h3-15,28H,2,16H2,1H3,(H,26,30)(H,27,29). The Labute approximate surface area is 201 Å². The van der Waals surface area contributed by atoms with E-state index in [-0.39, 0.29) is 27.9 Å². The first-order valence-electron chi connectivity index (χ1n) is 10.6. The van der Waals surface area contributed by atoms with Crippen molar-refractivity contribution >= 4 is 55.3 Å². The van der Waals surface area contributed by atoms with Gasteiger partial charge in [0.1, 0.15) is 4.21 Å². The summed E-state index contributed by atoms with van der Waals surface area (Å²) in [5, 5.41) is 8.62. The molecule has 7 nitrogen and oxygen atoms in total. The van der Waals surface area contributed by atoms with Crippen molar-refractivity contribution in [1.82, 2.24) is 5.32 Å². The molecule has 1 aromatic heterocycles. The summed E-state index contributed by atoms with van der Waals surface area (Å²) in [7, 11) is -3.87. The second kappa shape index (κ2) is 10.1. The number of carbonyl (C=O) groups excluding carboxylic acids is 2. The van der Waals surface area contributed by atoms with Gasteiger partial charge in [-0.3, -0.25) is 14.3 Å². The molecule has 0 bridgehead atoms. The molecular weight excluding hydrogens is 470 g/mol. The smallest absolute Gasteiger partial charge is 0.271 e. The van der Waals surface area contributed by atoms with Crippen molar-refractivity contribution in [2.24, 2.45) is 0 Å². The lowest BCUT2D eigenvalue weighted by molar-refractivity contribution is -0.115. The van der Waals surface area contributed by atoms with E-state index >= 15 is 0 Å². The Kier molecular flexibility index (Phi) is 6.95. The fourth-order valence-electron chi connectivity index (χ4n) is 3.52.